The fourth-order valence-corrected chi connectivity index (χ4v) is 5.90. The molecule has 0 aliphatic carbocycles. The van der Waals surface area contributed by atoms with Gasteiger partial charge in [0.25, 0.3) is 5.79 Å². The Bertz CT molecular complexity index is 1290. The van der Waals surface area contributed by atoms with E-state index in [0.29, 0.717) is 0 Å². The number of aliphatic hydroxyl groups is 9. The van der Waals surface area contributed by atoms with Gasteiger partial charge in [-0.2, -0.15) is 8.42 Å². The van der Waals surface area contributed by atoms with Crippen LogP contribution in [0.2, 0.25) is 0 Å². The van der Waals surface area contributed by atoms with Crippen molar-refractivity contribution in [2.75, 3.05) is 19.8 Å². The maximum absolute atomic E-state index is 12.5. The topological polar surface area (TPSA) is 387 Å². The number of rotatable bonds is 14. The van der Waals surface area contributed by atoms with Crippen molar-refractivity contribution in [2.24, 2.45) is 0 Å². The van der Waals surface area contributed by atoms with E-state index in [1.165, 1.54) is 0 Å². The molecular formula is C25H42N2O22S. The first-order valence-electron chi connectivity index (χ1n) is 14.8. The Balaban J connectivity index is 1.88. The van der Waals surface area contributed by atoms with E-state index in [-0.39, 0.29) is 0 Å². The third-order valence-corrected chi connectivity index (χ3v) is 8.50. The maximum atomic E-state index is 12.5. The highest BCUT2D eigenvalue weighted by molar-refractivity contribution is 7.80. The summed E-state index contributed by atoms with van der Waals surface area (Å²) in [4.78, 5) is 36.2. The molecule has 16 atom stereocenters. The van der Waals surface area contributed by atoms with Gasteiger partial charge in [-0.05, 0) is 0 Å². The zero-order chi connectivity index (χ0) is 37.9. The standard InChI is InChI=1S/C25H42N2O22S/c1-7(29)26-13-9(31)3-25(24(39)40,49-21(13)15(33)10(32)4-28)44-5-11-17(35)20(14(22(38)46-11)27-8(2)30)48-23-19(37)18(36)16(34)12(47-23)6-45-50(41,42)43/h9-23,28,31-38H,3-6H2,1-2H3,(H,26,29)(H,27,30)(H,39,40)(H,41,42,43)/t9-,10?,11+,12+,13+,14+,15?,16-,17-,18-,19+,20+,21+,22-,23-,25+/m0/s1. The lowest BCUT2D eigenvalue weighted by Gasteiger charge is -2.48. The van der Waals surface area contributed by atoms with Gasteiger partial charge in [-0.1, -0.05) is 0 Å². The van der Waals surface area contributed by atoms with Crippen LogP contribution in [0.1, 0.15) is 20.3 Å². The number of carbonyl (C=O) groups is 3. The molecule has 3 rings (SSSR count). The van der Waals surface area contributed by atoms with Gasteiger partial charge in [-0.3, -0.25) is 14.1 Å². The summed E-state index contributed by atoms with van der Waals surface area (Å²) >= 11 is 0. The summed E-state index contributed by atoms with van der Waals surface area (Å²) in [5.41, 5.74) is 0. The van der Waals surface area contributed by atoms with Gasteiger partial charge in [0.15, 0.2) is 12.6 Å². The zero-order valence-corrected chi connectivity index (χ0v) is 27.1. The number of hydrogen-bond acceptors (Lipinski definition) is 20. The molecule has 0 aromatic heterocycles. The summed E-state index contributed by atoms with van der Waals surface area (Å²) in [6.07, 6.45) is -26.7. The molecule has 3 aliphatic heterocycles. The number of nitrogens with one attached hydrogen (secondary N) is 2. The van der Waals surface area contributed by atoms with Crippen molar-refractivity contribution in [2.45, 2.75) is 118 Å². The molecule has 13 N–H and O–H groups in total. The molecule has 0 spiro atoms. The molecule has 0 bridgehead atoms. The largest absolute Gasteiger partial charge is 0.477 e. The first kappa shape index (κ1) is 42.1. The Hall–Kier alpha value is -2.28. The van der Waals surface area contributed by atoms with Crippen LogP contribution in [0.3, 0.4) is 0 Å². The second-order valence-corrected chi connectivity index (χ2v) is 12.9. The monoisotopic (exact) mass is 754 g/mol. The summed E-state index contributed by atoms with van der Waals surface area (Å²) in [5, 5.41) is 108. The van der Waals surface area contributed by atoms with Crippen LogP contribution >= 0.6 is 0 Å². The average molecular weight is 755 g/mol. The van der Waals surface area contributed by atoms with Crippen LogP contribution in [-0.4, -0.2) is 199 Å². The minimum Gasteiger partial charge on any atom is -0.477 e. The lowest BCUT2D eigenvalue weighted by molar-refractivity contribution is -0.351. The van der Waals surface area contributed by atoms with E-state index < -0.39 is 152 Å². The van der Waals surface area contributed by atoms with Crippen LogP contribution in [0.25, 0.3) is 0 Å². The molecule has 50 heavy (non-hydrogen) atoms. The van der Waals surface area contributed by atoms with E-state index in [1.807, 2.05) is 0 Å². The lowest BCUT2D eigenvalue weighted by Crippen LogP contribution is -2.69. The number of aliphatic hydroxyl groups excluding tert-OH is 9. The minimum atomic E-state index is -5.07. The number of aliphatic carboxylic acids is 1. The smallest absolute Gasteiger partial charge is 0.397 e. The Morgan fingerprint density at radius 1 is 0.880 bits per heavy atom. The molecule has 24 nitrogen and oxygen atoms in total. The van der Waals surface area contributed by atoms with Crippen LogP contribution < -0.4 is 10.6 Å². The number of hydrogen-bond donors (Lipinski definition) is 13. The summed E-state index contributed by atoms with van der Waals surface area (Å²) in [6.45, 7) is -1.17. The van der Waals surface area contributed by atoms with Crippen molar-refractivity contribution in [3.05, 3.63) is 0 Å². The van der Waals surface area contributed by atoms with Gasteiger partial charge >= 0.3 is 16.4 Å². The van der Waals surface area contributed by atoms with E-state index >= 15 is 0 Å². The minimum absolute atomic E-state index is 0.754. The van der Waals surface area contributed by atoms with Gasteiger partial charge in [0, 0.05) is 20.3 Å². The molecule has 0 radical (unpaired) electrons. The maximum Gasteiger partial charge on any atom is 0.397 e. The number of carbonyl (C=O) groups excluding carboxylic acids is 2. The van der Waals surface area contributed by atoms with Crippen molar-refractivity contribution < 1.29 is 106 Å². The molecule has 3 aliphatic rings. The second kappa shape index (κ2) is 17.0. The Morgan fingerprint density at radius 3 is 2.00 bits per heavy atom. The van der Waals surface area contributed by atoms with Crippen LogP contribution in [0.5, 0.6) is 0 Å². The molecule has 2 unspecified atom stereocenters. The highest BCUT2D eigenvalue weighted by Crippen LogP contribution is 2.35. The third-order valence-electron chi connectivity index (χ3n) is 8.07. The van der Waals surface area contributed by atoms with Gasteiger partial charge in [-0.15, -0.1) is 0 Å². The van der Waals surface area contributed by atoms with Gasteiger partial charge in [0.1, 0.15) is 67.1 Å². The van der Waals surface area contributed by atoms with Gasteiger partial charge in [0.05, 0.1) is 32.0 Å². The molecule has 3 heterocycles. The van der Waals surface area contributed by atoms with E-state index in [4.69, 9.17) is 28.2 Å². The summed E-state index contributed by atoms with van der Waals surface area (Å²) < 4.78 is 62.2. The van der Waals surface area contributed by atoms with Gasteiger partial charge in [-0.25, -0.2) is 8.98 Å². The molecule has 0 saturated carbocycles. The highest BCUT2D eigenvalue weighted by Gasteiger charge is 2.57. The lowest BCUT2D eigenvalue weighted by atomic mass is 9.88. The fraction of sp³-hybridized carbons (Fsp3) is 0.880. The predicted molar refractivity (Wildman–Crippen MR) is 152 cm³/mol. The summed E-state index contributed by atoms with van der Waals surface area (Å²) in [6, 6.07) is -3.22. The number of carboxylic acids is 1. The molecule has 0 aromatic carbocycles. The summed E-state index contributed by atoms with van der Waals surface area (Å²) in [7, 11) is -5.07. The molecule has 2 amide bonds. The molecule has 3 saturated heterocycles. The van der Waals surface area contributed by atoms with E-state index in [1.54, 1.807) is 0 Å². The third kappa shape index (κ3) is 9.98. The highest BCUT2D eigenvalue weighted by atomic mass is 32.3. The second-order valence-electron chi connectivity index (χ2n) is 11.8. The van der Waals surface area contributed by atoms with Crippen molar-refractivity contribution in [3.8, 4) is 0 Å². The predicted octanol–water partition coefficient (Wildman–Crippen LogP) is -8.25. The molecule has 0 aromatic rings. The van der Waals surface area contributed by atoms with Crippen LogP contribution in [0, 0.1) is 0 Å². The SMILES string of the molecule is CC(=O)N[C@@H]1[C@@H](O[C@@H]2O[C@H](COS(=O)(=O)O)[C@H](O)[C@H](O)[C@H]2O)[C@@H](O)[C@@H](CO[C@]2(C(=O)O)C[C@H](O)[C@@H](NC(C)=O)[C@H](C(O)C(O)CO)O2)O[C@@H]1O. The van der Waals surface area contributed by atoms with Crippen LogP contribution in [0.15, 0.2) is 0 Å². The average Bonchev–Trinajstić information content (AvgIpc) is 3.02. The molecule has 3 fully saturated rings. The zero-order valence-electron chi connectivity index (χ0n) is 26.3. The van der Waals surface area contributed by atoms with E-state index in [2.05, 4.69) is 14.8 Å². The number of ether oxygens (including phenoxy) is 5. The Labute approximate surface area is 283 Å². The van der Waals surface area contributed by atoms with Gasteiger partial charge in [0.2, 0.25) is 11.8 Å². The van der Waals surface area contributed by atoms with Crippen molar-refractivity contribution in [3.63, 3.8) is 0 Å². The summed E-state index contributed by atoms with van der Waals surface area (Å²) in [5.74, 6) is -6.40. The van der Waals surface area contributed by atoms with Crippen LogP contribution in [0.4, 0.5) is 0 Å². The first-order chi connectivity index (χ1) is 23.1. The first-order valence-corrected chi connectivity index (χ1v) is 16.2. The number of carboxylic acid groups (broad SMARTS) is 1. The van der Waals surface area contributed by atoms with Crippen LogP contribution in [-0.2, 0) is 52.7 Å². The Morgan fingerprint density at radius 2 is 1.46 bits per heavy atom. The molecule has 290 valence electrons. The number of amides is 2. The fourth-order valence-electron chi connectivity index (χ4n) is 5.59. The Kier molecular flexibility index (Phi) is 14.4. The van der Waals surface area contributed by atoms with E-state index in [9.17, 15) is 73.9 Å². The van der Waals surface area contributed by atoms with Gasteiger partial charge < -0.3 is 85.4 Å². The van der Waals surface area contributed by atoms with Crippen molar-refractivity contribution in [1.82, 2.24) is 10.6 Å². The molecular weight excluding hydrogens is 712 g/mol. The normalized spacial score (nSPS) is 40.8. The van der Waals surface area contributed by atoms with Crippen molar-refractivity contribution >= 4 is 28.2 Å². The quantitative estimate of drug-likeness (QED) is 0.0732. The molecule has 25 heteroatoms. The van der Waals surface area contributed by atoms with Crippen molar-refractivity contribution in [1.29, 1.82) is 0 Å². The van der Waals surface area contributed by atoms with E-state index in [0.717, 1.165) is 13.8 Å².